The van der Waals surface area contributed by atoms with E-state index in [0.717, 1.165) is 13.2 Å². The number of hydrogen-bond acceptors (Lipinski definition) is 6. The summed E-state index contributed by atoms with van der Waals surface area (Å²) in [5.41, 5.74) is -0.466. The van der Waals surface area contributed by atoms with Crippen LogP contribution < -0.4 is 4.74 Å². The molecule has 0 aliphatic heterocycles. The van der Waals surface area contributed by atoms with Gasteiger partial charge in [0.25, 0.3) is 0 Å². The van der Waals surface area contributed by atoms with Crippen molar-refractivity contribution in [2.24, 2.45) is 0 Å². The lowest BCUT2D eigenvalue weighted by molar-refractivity contribution is -0.385. The van der Waals surface area contributed by atoms with Crippen molar-refractivity contribution in [1.82, 2.24) is 0 Å². The molecule has 0 unspecified atom stereocenters. The third-order valence-corrected chi connectivity index (χ3v) is 2.18. The lowest BCUT2D eigenvalue weighted by Crippen LogP contribution is -2.09. The van der Waals surface area contributed by atoms with Crippen LogP contribution in [0.25, 0.3) is 0 Å². The van der Waals surface area contributed by atoms with Gasteiger partial charge in [-0.3, -0.25) is 14.9 Å². The minimum absolute atomic E-state index is 0.00570. The van der Waals surface area contributed by atoms with Gasteiger partial charge in [-0.15, -0.1) is 0 Å². The molecule has 0 saturated carbocycles. The molecule has 7 heteroatoms. The van der Waals surface area contributed by atoms with E-state index in [1.54, 1.807) is 0 Å². The fourth-order valence-electron chi connectivity index (χ4n) is 1.31. The highest BCUT2D eigenvalue weighted by molar-refractivity contribution is 5.90. The maximum atomic E-state index is 11.3. The monoisotopic (exact) mass is 266 g/mol. The molecular formula is C12H12NO6. The van der Waals surface area contributed by atoms with Gasteiger partial charge >= 0.3 is 17.6 Å². The van der Waals surface area contributed by atoms with E-state index in [2.05, 4.69) is 11.7 Å². The predicted octanol–water partition coefficient (Wildman–Crippen LogP) is 1.90. The molecule has 0 atom stereocenters. The third-order valence-electron chi connectivity index (χ3n) is 2.18. The van der Waals surface area contributed by atoms with Gasteiger partial charge in [0, 0.05) is 12.5 Å². The Morgan fingerprint density at radius 2 is 2.11 bits per heavy atom. The highest BCUT2D eigenvalue weighted by atomic mass is 16.6. The van der Waals surface area contributed by atoms with Crippen molar-refractivity contribution in [3.8, 4) is 5.75 Å². The Bertz CT molecular complexity index is 511. The Labute approximate surface area is 109 Å². The maximum Gasteiger partial charge on any atom is 0.338 e. The van der Waals surface area contributed by atoms with E-state index in [1.807, 2.05) is 0 Å². The first-order valence-electron chi connectivity index (χ1n) is 5.36. The number of methoxy groups -OCH3 is 1. The van der Waals surface area contributed by atoms with Gasteiger partial charge in [-0.1, -0.05) is 6.92 Å². The topological polar surface area (TPSA) is 95.7 Å². The SMILES string of the molecule is [CH2]CCC(=O)Oc1ccc(C(=O)OC)cc1[N+](=O)[O-]. The molecule has 1 aromatic carbocycles. The minimum Gasteiger partial charge on any atom is -0.465 e. The molecule has 19 heavy (non-hydrogen) atoms. The molecule has 0 bridgehead atoms. The number of hydrogen-bond donors (Lipinski definition) is 0. The summed E-state index contributed by atoms with van der Waals surface area (Å²) in [6, 6.07) is 3.47. The summed E-state index contributed by atoms with van der Waals surface area (Å²) in [5.74, 6) is -1.54. The highest BCUT2D eigenvalue weighted by Crippen LogP contribution is 2.28. The van der Waals surface area contributed by atoms with Crippen LogP contribution >= 0.6 is 0 Å². The zero-order valence-electron chi connectivity index (χ0n) is 10.3. The van der Waals surface area contributed by atoms with Crippen molar-refractivity contribution in [2.75, 3.05) is 7.11 Å². The molecule has 0 aliphatic carbocycles. The van der Waals surface area contributed by atoms with E-state index < -0.39 is 22.5 Å². The Morgan fingerprint density at radius 3 is 2.63 bits per heavy atom. The maximum absolute atomic E-state index is 11.3. The predicted molar refractivity (Wildman–Crippen MR) is 64.7 cm³/mol. The van der Waals surface area contributed by atoms with Gasteiger partial charge in [-0.25, -0.2) is 4.79 Å². The van der Waals surface area contributed by atoms with E-state index in [0.29, 0.717) is 6.42 Å². The van der Waals surface area contributed by atoms with Crippen molar-refractivity contribution in [1.29, 1.82) is 0 Å². The van der Waals surface area contributed by atoms with Crippen LogP contribution in [-0.4, -0.2) is 24.0 Å². The average Bonchev–Trinajstić information content (AvgIpc) is 2.38. The van der Waals surface area contributed by atoms with E-state index in [-0.39, 0.29) is 17.7 Å². The molecule has 0 fully saturated rings. The fourth-order valence-corrected chi connectivity index (χ4v) is 1.31. The smallest absolute Gasteiger partial charge is 0.338 e. The van der Waals surface area contributed by atoms with Crippen LogP contribution in [0.15, 0.2) is 18.2 Å². The Hall–Kier alpha value is -2.44. The van der Waals surface area contributed by atoms with Crippen LogP contribution in [-0.2, 0) is 9.53 Å². The summed E-state index contributed by atoms with van der Waals surface area (Å²) in [7, 11) is 1.16. The first kappa shape index (κ1) is 14.6. The van der Waals surface area contributed by atoms with E-state index in [4.69, 9.17) is 4.74 Å². The van der Waals surface area contributed by atoms with Crippen LogP contribution in [0.4, 0.5) is 5.69 Å². The molecule has 1 rings (SSSR count). The number of carbonyl (C=O) groups excluding carboxylic acids is 2. The second kappa shape index (κ2) is 6.48. The van der Waals surface area contributed by atoms with Gasteiger partial charge in [0.15, 0.2) is 0 Å². The zero-order chi connectivity index (χ0) is 14.4. The quantitative estimate of drug-likeness (QED) is 0.349. The van der Waals surface area contributed by atoms with E-state index in [1.165, 1.54) is 12.1 Å². The molecule has 0 heterocycles. The zero-order valence-corrected chi connectivity index (χ0v) is 10.3. The van der Waals surface area contributed by atoms with Gasteiger partial charge in [0.05, 0.1) is 17.6 Å². The van der Waals surface area contributed by atoms with Crippen LogP contribution in [0.3, 0.4) is 0 Å². The molecule has 0 amide bonds. The molecule has 0 aromatic heterocycles. The van der Waals surface area contributed by atoms with Crippen LogP contribution in [0.2, 0.25) is 0 Å². The Morgan fingerprint density at radius 1 is 1.42 bits per heavy atom. The van der Waals surface area contributed by atoms with Crippen LogP contribution in [0.5, 0.6) is 5.75 Å². The van der Waals surface area contributed by atoms with Gasteiger partial charge in [-0.2, -0.15) is 0 Å². The van der Waals surface area contributed by atoms with Crippen molar-refractivity contribution >= 4 is 17.6 Å². The molecule has 0 aliphatic rings. The molecule has 0 spiro atoms. The van der Waals surface area contributed by atoms with Crippen LogP contribution in [0, 0.1) is 17.0 Å². The lowest BCUT2D eigenvalue weighted by atomic mass is 10.2. The normalized spacial score (nSPS) is 9.79. The molecular weight excluding hydrogens is 254 g/mol. The number of nitro benzene ring substituents is 1. The number of nitro groups is 1. The number of esters is 2. The first-order chi connectivity index (χ1) is 8.99. The largest absolute Gasteiger partial charge is 0.465 e. The molecule has 1 aromatic rings. The molecule has 101 valence electrons. The first-order valence-corrected chi connectivity index (χ1v) is 5.36. The summed E-state index contributed by atoms with van der Waals surface area (Å²) in [6.07, 6.45) is 0.378. The summed E-state index contributed by atoms with van der Waals surface area (Å²) >= 11 is 0. The second-order valence-corrected chi connectivity index (χ2v) is 3.51. The molecule has 7 nitrogen and oxygen atoms in total. The van der Waals surface area contributed by atoms with Crippen molar-refractivity contribution < 1.29 is 24.0 Å². The number of ether oxygens (including phenoxy) is 2. The standard InChI is InChI=1S/C12H12NO6/c1-3-4-11(14)19-10-6-5-8(12(15)18-2)7-9(10)13(16)17/h5-7H,1,3-4H2,2H3. The van der Waals surface area contributed by atoms with Crippen molar-refractivity contribution in [3.05, 3.63) is 40.8 Å². The van der Waals surface area contributed by atoms with E-state index in [9.17, 15) is 19.7 Å². The Kier molecular flexibility index (Phi) is 4.99. The summed E-state index contributed by atoms with van der Waals surface area (Å²) in [4.78, 5) is 32.7. The molecule has 0 N–H and O–H groups in total. The van der Waals surface area contributed by atoms with Crippen LogP contribution in [0.1, 0.15) is 23.2 Å². The summed E-state index contributed by atoms with van der Waals surface area (Å²) in [6.45, 7) is 3.48. The van der Waals surface area contributed by atoms with Crippen molar-refractivity contribution in [2.45, 2.75) is 12.8 Å². The molecule has 0 saturated heterocycles. The van der Waals surface area contributed by atoms with E-state index >= 15 is 0 Å². The third kappa shape index (κ3) is 3.77. The van der Waals surface area contributed by atoms with Crippen molar-refractivity contribution in [3.63, 3.8) is 0 Å². The van der Waals surface area contributed by atoms with Gasteiger partial charge in [0.2, 0.25) is 5.75 Å². The number of carbonyl (C=O) groups is 2. The molecule has 1 radical (unpaired) electrons. The average molecular weight is 266 g/mol. The minimum atomic E-state index is -0.737. The summed E-state index contributed by atoms with van der Waals surface area (Å²) < 4.78 is 9.30. The fraction of sp³-hybridized carbons (Fsp3) is 0.250. The summed E-state index contributed by atoms with van der Waals surface area (Å²) in [5, 5.41) is 10.9. The number of benzene rings is 1. The number of rotatable bonds is 5. The highest BCUT2D eigenvalue weighted by Gasteiger charge is 2.20. The van der Waals surface area contributed by atoms with Gasteiger partial charge < -0.3 is 9.47 Å². The van der Waals surface area contributed by atoms with Gasteiger partial charge in [-0.05, 0) is 18.6 Å². The number of nitrogens with zero attached hydrogens (tertiary/aromatic N) is 1. The Balaban J connectivity index is 3.08. The van der Waals surface area contributed by atoms with Gasteiger partial charge in [0.1, 0.15) is 0 Å². The lowest BCUT2D eigenvalue weighted by Gasteiger charge is -2.05. The second-order valence-electron chi connectivity index (χ2n) is 3.51.